The van der Waals surface area contributed by atoms with E-state index in [-0.39, 0.29) is 17.3 Å². The molecular formula is C18H20N2O5S. The Morgan fingerprint density at radius 2 is 1.54 bits per heavy atom. The number of carbonyl (C=O) groups is 2. The van der Waals surface area contributed by atoms with Crippen molar-refractivity contribution in [3.8, 4) is 0 Å². The Kier molecular flexibility index (Phi) is 6.48. The summed E-state index contributed by atoms with van der Waals surface area (Å²) in [5.74, 6) is -0.748. The van der Waals surface area contributed by atoms with Crippen LogP contribution in [0.3, 0.4) is 0 Å². The zero-order valence-electron chi connectivity index (χ0n) is 14.5. The van der Waals surface area contributed by atoms with E-state index < -0.39 is 16.0 Å². The second-order valence-electron chi connectivity index (χ2n) is 5.40. The van der Waals surface area contributed by atoms with E-state index in [1.807, 2.05) is 0 Å². The number of hydrogen-bond donors (Lipinski definition) is 2. The van der Waals surface area contributed by atoms with E-state index in [4.69, 9.17) is 0 Å². The highest BCUT2D eigenvalue weighted by Gasteiger charge is 2.13. The van der Waals surface area contributed by atoms with Crippen LogP contribution in [0.2, 0.25) is 0 Å². The van der Waals surface area contributed by atoms with Gasteiger partial charge < -0.3 is 10.1 Å². The molecule has 0 fully saturated rings. The summed E-state index contributed by atoms with van der Waals surface area (Å²) < 4.78 is 30.8. The zero-order chi connectivity index (χ0) is 19.2. The summed E-state index contributed by atoms with van der Waals surface area (Å²) in [5.41, 5.74) is 1.60. The molecule has 1 amide bonds. The Balaban J connectivity index is 1.99. The van der Waals surface area contributed by atoms with Gasteiger partial charge >= 0.3 is 5.97 Å². The predicted molar refractivity (Wildman–Crippen MR) is 96.3 cm³/mol. The summed E-state index contributed by atoms with van der Waals surface area (Å²) in [6.07, 6.45) is 0. The molecule has 0 saturated heterocycles. The fourth-order valence-corrected chi connectivity index (χ4v) is 3.26. The summed E-state index contributed by atoms with van der Waals surface area (Å²) in [4.78, 5) is 23.7. The molecule has 0 aliphatic rings. The number of ether oxygens (including phenoxy) is 1. The van der Waals surface area contributed by atoms with E-state index in [1.54, 1.807) is 31.2 Å². The van der Waals surface area contributed by atoms with Crippen LogP contribution in [0.5, 0.6) is 0 Å². The van der Waals surface area contributed by atoms with Crippen LogP contribution in [-0.4, -0.2) is 33.9 Å². The molecule has 26 heavy (non-hydrogen) atoms. The Labute approximate surface area is 152 Å². The molecule has 0 bridgehead atoms. The predicted octanol–water partition coefficient (Wildman–Crippen LogP) is 1.70. The van der Waals surface area contributed by atoms with Gasteiger partial charge in [0.15, 0.2) is 0 Å². The van der Waals surface area contributed by atoms with Crippen molar-refractivity contribution in [2.24, 2.45) is 0 Å². The Morgan fingerprint density at radius 1 is 0.962 bits per heavy atom. The summed E-state index contributed by atoms with van der Waals surface area (Å²) in [6.45, 7) is 2.26. The highest BCUT2D eigenvalue weighted by molar-refractivity contribution is 7.89. The van der Waals surface area contributed by atoms with Crippen molar-refractivity contribution in [2.45, 2.75) is 18.4 Å². The first kappa shape index (κ1) is 19.6. The third kappa shape index (κ3) is 4.90. The van der Waals surface area contributed by atoms with Gasteiger partial charge in [-0.25, -0.2) is 17.9 Å². The van der Waals surface area contributed by atoms with Gasteiger partial charge in [0.05, 0.1) is 17.6 Å². The first-order chi connectivity index (χ1) is 12.4. The average molecular weight is 376 g/mol. The molecule has 0 unspecified atom stereocenters. The fourth-order valence-electron chi connectivity index (χ4n) is 2.22. The number of rotatable bonds is 7. The van der Waals surface area contributed by atoms with Crippen molar-refractivity contribution in [1.82, 2.24) is 10.0 Å². The van der Waals surface area contributed by atoms with Gasteiger partial charge in [-0.05, 0) is 42.0 Å². The Bertz CT molecular complexity index is 875. The number of carbonyl (C=O) groups excluding carboxylic acids is 2. The highest BCUT2D eigenvalue weighted by atomic mass is 32.2. The number of sulfonamides is 1. The van der Waals surface area contributed by atoms with Gasteiger partial charge in [-0.15, -0.1) is 0 Å². The highest BCUT2D eigenvalue weighted by Crippen LogP contribution is 2.11. The van der Waals surface area contributed by atoms with Crippen LogP contribution in [0, 0.1) is 0 Å². The van der Waals surface area contributed by atoms with Crippen molar-refractivity contribution < 1.29 is 22.7 Å². The van der Waals surface area contributed by atoms with Gasteiger partial charge in [0.25, 0.3) is 5.91 Å². The van der Waals surface area contributed by atoms with Crippen LogP contribution in [0.4, 0.5) is 0 Å². The van der Waals surface area contributed by atoms with E-state index in [0.717, 1.165) is 5.56 Å². The molecule has 0 atom stereocenters. The van der Waals surface area contributed by atoms with Crippen LogP contribution < -0.4 is 10.0 Å². The third-order valence-electron chi connectivity index (χ3n) is 3.59. The van der Waals surface area contributed by atoms with Gasteiger partial charge in [0, 0.05) is 18.7 Å². The summed E-state index contributed by atoms with van der Waals surface area (Å²) in [7, 11) is -2.23. The number of benzene rings is 2. The van der Waals surface area contributed by atoms with Crippen molar-refractivity contribution >= 4 is 21.9 Å². The van der Waals surface area contributed by atoms with Crippen LogP contribution in [0.15, 0.2) is 53.4 Å². The lowest BCUT2D eigenvalue weighted by atomic mass is 10.1. The van der Waals surface area contributed by atoms with E-state index in [9.17, 15) is 18.0 Å². The van der Waals surface area contributed by atoms with E-state index in [0.29, 0.717) is 17.7 Å². The third-order valence-corrected chi connectivity index (χ3v) is 5.15. The molecule has 0 saturated carbocycles. The molecular weight excluding hydrogens is 356 g/mol. The quantitative estimate of drug-likeness (QED) is 0.716. The molecule has 7 nitrogen and oxygen atoms in total. The fraction of sp³-hybridized carbons (Fsp3) is 0.222. The van der Waals surface area contributed by atoms with Gasteiger partial charge in [-0.3, -0.25) is 4.79 Å². The molecule has 0 aliphatic heterocycles. The minimum Gasteiger partial charge on any atom is -0.465 e. The number of esters is 1. The minimum atomic E-state index is -3.54. The van der Waals surface area contributed by atoms with E-state index >= 15 is 0 Å². The second kappa shape index (κ2) is 8.59. The molecule has 2 aromatic carbocycles. The first-order valence-electron chi connectivity index (χ1n) is 7.92. The summed E-state index contributed by atoms with van der Waals surface area (Å²) in [6, 6.07) is 12.4. The molecule has 0 radical (unpaired) electrons. The lowest BCUT2D eigenvalue weighted by molar-refractivity contribution is 0.0600. The van der Waals surface area contributed by atoms with Crippen molar-refractivity contribution in [1.29, 1.82) is 0 Å². The van der Waals surface area contributed by atoms with Crippen molar-refractivity contribution in [2.75, 3.05) is 13.7 Å². The first-order valence-corrected chi connectivity index (χ1v) is 9.41. The molecule has 2 rings (SSSR count). The molecule has 0 aromatic heterocycles. The molecule has 0 spiro atoms. The summed E-state index contributed by atoms with van der Waals surface area (Å²) >= 11 is 0. The number of amides is 1. The lowest BCUT2D eigenvalue weighted by Gasteiger charge is -2.08. The largest absolute Gasteiger partial charge is 0.465 e. The van der Waals surface area contributed by atoms with E-state index in [1.165, 1.54) is 31.4 Å². The smallest absolute Gasteiger partial charge is 0.337 e. The SMILES string of the molecule is CCNS(=O)(=O)c1ccc(C(=O)NCc2ccc(C(=O)OC)cc2)cc1. The van der Waals surface area contributed by atoms with Crippen molar-refractivity contribution in [3.05, 3.63) is 65.2 Å². The zero-order valence-corrected chi connectivity index (χ0v) is 15.3. The normalized spacial score (nSPS) is 11.0. The Hall–Kier alpha value is -2.71. The van der Waals surface area contributed by atoms with Gasteiger partial charge in [-0.1, -0.05) is 19.1 Å². The van der Waals surface area contributed by atoms with Crippen LogP contribution in [0.1, 0.15) is 33.2 Å². The monoisotopic (exact) mass is 376 g/mol. The summed E-state index contributed by atoms with van der Waals surface area (Å²) in [5, 5.41) is 2.74. The van der Waals surface area contributed by atoms with Gasteiger partial charge in [0.2, 0.25) is 10.0 Å². The standard InChI is InChI=1S/C18H20N2O5S/c1-3-20-26(23,24)16-10-8-14(9-11-16)17(21)19-12-13-4-6-15(7-5-13)18(22)25-2/h4-11,20H,3,12H2,1-2H3,(H,19,21). The maximum atomic E-state index is 12.2. The van der Waals surface area contributed by atoms with E-state index in [2.05, 4.69) is 14.8 Å². The molecule has 2 aromatic rings. The van der Waals surface area contributed by atoms with Gasteiger partial charge in [0.1, 0.15) is 0 Å². The topological polar surface area (TPSA) is 102 Å². The maximum absolute atomic E-state index is 12.2. The molecule has 8 heteroatoms. The lowest BCUT2D eigenvalue weighted by Crippen LogP contribution is -2.24. The molecule has 0 heterocycles. The molecule has 138 valence electrons. The van der Waals surface area contributed by atoms with Crippen LogP contribution in [-0.2, 0) is 21.3 Å². The van der Waals surface area contributed by atoms with Crippen LogP contribution >= 0.6 is 0 Å². The average Bonchev–Trinajstić information content (AvgIpc) is 2.66. The van der Waals surface area contributed by atoms with Crippen molar-refractivity contribution in [3.63, 3.8) is 0 Å². The maximum Gasteiger partial charge on any atom is 0.337 e. The van der Waals surface area contributed by atoms with Gasteiger partial charge in [-0.2, -0.15) is 0 Å². The van der Waals surface area contributed by atoms with Crippen LogP contribution in [0.25, 0.3) is 0 Å². The number of hydrogen-bond acceptors (Lipinski definition) is 5. The number of methoxy groups -OCH3 is 1. The molecule has 2 N–H and O–H groups in total. The molecule has 0 aliphatic carbocycles. The Morgan fingerprint density at radius 3 is 2.08 bits per heavy atom. The second-order valence-corrected chi connectivity index (χ2v) is 7.16. The number of nitrogens with one attached hydrogen (secondary N) is 2. The minimum absolute atomic E-state index is 0.106.